The Kier molecular flexibility index (Phi) is 8.19. The third-order valence-electron chi connectivity index (χ3n) is 9.67. The van der Waals surface area contributed by atoms with E-state index in [2.05, 4.69) is 133 Å². The lowest BCUT2D eigenvalue weighted by Crippen LogP contribution is -2.53. The van der Waals surface area contributed by atoms with Crippen LogP contribution in [-0.2, 0) is 0 Å². The Bertz CT molecular complexity index is 1700. The maximum absolute atomic E-state index is 4.92. The summed E-state index contributed by atoms with van der Waals surface area (Å²) in [5, 5.41) is 5.07. The Hall–Kier alpha value is -4.38. The highest BCUT2D eigenvalue weighted by Crippen LogP contribution is 2.39. The molecule has 4 atom stereocenters. The summed E-state index contributed by atoms with van der Waals surface area (Å²) < 4.78 is 0. The van der Waals surface area contributed by atoms with E-state index < -0.39 is 0 Å². The smallest absolute Gasteiger partial charge is 0.0777 e. The van der Waals surface area contributed by atoms with Crippen LogP contribution in [0.2, 0.25) is 0 Å². The summed E-state index contributed by atoms with van der Waals surface area (Å²) in [5.41, 5.74) is 4.75. The quantitative estimate of drug-likeness (QED) is 0.181. The molecule has 0 N–H and O–H groups in total. The molecular weight excluding hydrogens is 536 g/mol. The van der Waals surface area contributed by atoms with Crippen molar-refractivity contribution in [3.63, 3.8) is 0 Å². The maximum Gasteiger partial charge on any atom is 0.0777 e. The number of hydrogen-bond donors (Lipinski definition) is 0. The fourth-order valence-corrected chi connectivity index (χ4v) is 7.49. The number of hydrogen-bond acceptors (Lipinski definition) is 4. The van der Waals surface area contributed by atoms with E-state index in [-0.39, 0.29) is 12.1 Å². The SMILES string of the molecule is CN(C(c1ccc2ccccc2c1)c1ccccn1)[C@@H]1CCCC[C@H]1N(C)C(c1ccc2ccccc2c1)c1ccccn1. The minimum atomic E-state index is 0.0498. The highest BCUT2D eigenvalue weighted by Gasteiger charge is 2.38. The van der Waals surface area contributed by atoms with Gasteiger partial charge in [-0.1, -0.05) is 97.8 Å². The van der Waals surface area contributed by atoms with E-state index in [1.165, 1.54) is 45.5 Å². The van der Waals surface area contributed by atoms with Gasteiger partial charge >= 0.3 is 0 Å². The minimum Gasteiger partial charge on any atom is -0.290 e. The molecular formula is C40H40N4. The second-order valence-electron chi connectivity index (χ2n) is 12.3. The topological polar surface area (TPSA) is 32.3 Å². The lowest BCUT2D eigenvalue weighted by atomic mass is 9.84. The highest BCUT2D eigenvalue weighted by molar-refractivity contribution is 5.84. The van der Waals surface area contributed by atoms with Crippen LogP contribution in [0, 0.1) is 0 Å². The third kappa shape index (κ3) is 5.63. The molecule has 4 aromatic carbocycles. The number of likely N-dealkylation sites (N-methyl/N-ethyl adjacent to an activating group) is 2. The van der Waals surface area contributed by atoms with Crippen LogP contribution >= 0.6 is 0 Å². The van der Waals surface area contributed by atoms with Crippen molar-refractivity contribution >= 4 is 21.5 Å². The summed E-state index contributed by atoms with van der Waals surface area (Å²) in [4.78, 5) is 15.1. The zero-order valence-corrected chi connectivity index (χ0v) is 25.6. The number of pyridine rings is 2. The van der Waals surface area contributed by atoms with Crippen LogP contribution in [0.25, 0.3) is 21.5 Å². The van der Waals surface area contributed by atoms with E-state index in [4.69, 9.17) is 9.97 Å². The second kappa shape index (κ2) is 12.7. The number of fused-ring (bicyclic) bond motifs is 2. The van der Waals surface area contributed by atoms with Gasteiger partial charge in [0, 0.05) is 24.5 Å². The largest absolute Gasteiger partial charge is 0.290 e. The summed E-state index contributed by atoms with van der Waals surface area (Å²) in [6.07, 6.45) is 8.62. The molecule has 1 aliphatic carbocycles. The molecule has 1 fully saturated rings. The van der Waals surface area contributed by atoms with Crippen molar-refractivity contribution < 1.29 is 0 Å². The zero-order chi connectivity index (χ0) is 29.9. The van der Waals surface area contributed by atoms with Gasteiger partial charge in [0.15, 0.2) is 0 Å². The second-order valence-corrected chi connectivity index (χ2v) is 12.3. The van der Waals surface area contributed by atoms with Crippen LogP contribution < -0.4 is 0 Å². The molecule has 0 aliphatic heterocycles. The van der Waals surface area contributed by atoms with Crippen LogP contribution in [-0.4, -0.2) is 45.9 Å². The Morgan fingerprint density at radius 2 is 0.909 bits per heavy atom. The standard InChI is InChI=1S/C40H40N4/c1-43(39(35-17-9-11-25-41-35)33-23-21-29-13-3-5-15-31(29)27-33)37-19-7-8-20-38(37)44(2)40(36-18-10-12-26-42-36)34-24-22-30-14-4-6-16-32(30)28-34/h3-6,9-18,21-28,37-40H,7-8,19-20H2,1-2H3/t37-,38-,39?,40?/m1/s1. The molecule has 2 unspecified atom stereocenters. The summed E-state index contributed by atoms with van der Waals surface area (Å²) in [7, 11) is 4.63. The van der Waals surface area contributed by atoms with Crippen molar-refractivity contribution in [1.29, 1.82) is 0 Å². The first kappa shape index (κ1) is 28.4. The normalized spacial score (nSPS) is 18.5. The third-order valence-corrected chi connectivity index (χ3v) is 9.67. The van der Waals surface area contributed by atoms with E-state index >= 15 is 0 Å². The summed E-state index contributed by atoms with van der Waals surface area (Å²) in [6, 6.07) is 44.5. The van der Waals surface area contributed by atoms with E-state index in [0.29, 0.717) is 12.1 Å². The van der Waals surface area contributed by atoms with Gasteiger partial charge in [-0.25, -0.2) is 0 Å². The molecule has 44 heavy (non-hydrogen) atoms. The molecule has 220 valence electrons. The fourth-order valence-electron chi connectivity index (χ4n) is 7.49. The molecule has 2 heterocycles. The highest BCUT2D eigenvalue weighted by atomic mass is 15.3. The molecule has 2 aromatic heterocycles. The molecule has 0 radical (unpaired) electrons. The Labute approximate surface area is 261 Å². The lowest BCUT2D eigenvalue weighted by molar-refractivity contribution is 0.0450. The van der Waals surface area contributed by atoms with Crippen LogP contribution in [0.15, 0.2) is 134 Å². The van der Waals surface area contributed by atoms with Gasteiger partial charge in [-0.2, -0.15) is 0 Å². The van der Waals surface area contributed by atoms with Gasteiger partial charge in [0.05, 0.1) is 23.5 Å². The number of aromatic nitrogens is 2. The van der Waals surface area contributed by atoms with Crippen molar-refractivity contribution in [2.45, 2.75) is 49.9 Å². The molecule has 1 saturated carbocycles. The van der Waals surface area contributed by atoms with Gasteiger partial charge in [0.2, 0.25) is 0 Å². The van der Waals surface area contributed by atoms with Crippen LogP contribution in [0.5, 0.6) is 0 Å². The van der Waals surface area contributed by atoms with Crippen LogP contribution in [0.4, 0.5) is 0 Å². The van der Waals surface area contributed by atoms with Gasteiger partial charge in [-0.15, -0.1) is 0 Å². The zero-order valence-electron chi connectivity index (χ0n) is 25.6. The lowest BCUT2D eigenvalue weighted by Gasteiger charge is -2.47. The monoisotopic (exact) mass is 576 g/mol. The van der Waals surface area contributed by atoms with Crippen molar-refractivity contribution in [2.24, 2.45) is 0 Å². The summed E-state index contributed by atoms with van der Waals surface area (Å²) in [5.74, 6) is 0. The molecule has 7 rings (SSSR count). The van der Waals surface area contributed by atoms with Crippen molar-refractivity contribution in [3.05, 3.63) is 156 Å². The van der Waals surface area contributed by atoms with E-state index in [9.17, 15) is 0 Å². The Balaban J connectivity index is 1.28. The van der Waals surface area contributed by atoms with Crippen LogP contribution in [0.1, 0.15) is 60.3 Å². The van der Waals surface area contributed by atoms with Gasteiger partial charge < -0.3 is 0 Å². The number of nitrogens with zero attached hydrogens (tertiary/aromatic N) is 4. The molecule has 6 aromatic rings. The molecule has 4 heteroatoms. The number of benzene rings is 4. The molecule has 0 amide bonds. The molecule has 1 aliphatic rings. The predicted molar refractivity (Wildman–Crippen MR) is 182 cm³/mol. The van der Waals surface area contributed by atoms with Gasteiger partial charge in [0.25, 0.3) is 0 Å². The van der Waals surface area contributed by atoms with Crippen LogP contribution in [0.3, 0.4) is 0 Å². The Morgan fingerprint density at radius 3 is 1.32 bits per heavy atom. The van der Waals surface area contributed by atoms with Gasteiger partial charge in [0.1, 0.15) is 0 Å². The molecule has 0 bridgehead atoms. The van der Waals surface area contributed by atoms with Gasteiger partial charge in [-0.3, -0.25) is 19.8 Å². The first-order chi connectivity index (χ1) is 21.7. The predicted octanol–water partition coefficient (Wildman–Crippen LogP) is 8.84. The average molecular weight is 577 g/mol. The van der Waals surface area contributed by atoms with E-state index in [1.54, 1.807) is 0 Å². The fraction of sp³-hybridized carbons (Fsp3) is 0.250. The first-order valence-electron chi connectivity index (χ1n) is 15.9. The summed E-state index contributed by atoms with van der Waals surface area (Å²) >= 11 is 0. The molecule has 0 saturated heterocycles. The van der Waals surface area contributed by atoms with E-state index in [1.807, 2.05) is 24.5 Å². The van der Waals surface area contributed by atoms with Gasteiger partial charge in [-0.05, 0) is 96.0 Å². The molecule has 0 spiro atoms. The maximum atomic E-state index is 4.92. The molecule has 4 nitrogen and oxygen atoms in total. The van der Waals surface area contributed by atoms with E-state index in [0.717, 1.165) is 24.2 Å². The van der Waals surface area contributed by atoms with Crippen molar-refractivity contribution in [1.82, 2.24) is 19.8 Å². The minimum absolute atomic E-state index is 0.0498. The number of rotatable bonds is 8. The summed E-state index contributed by atoms with van der Waals surface area (Å²) in [6.45, 7) is 0. The Morgan fingerprint density at radius 1 is 0.500 bits per heavy atom. The average Bonchev–Trinajstić information content (AvgIpc) is 3.09. The first-order valence-corrected chi connectivity index (χ1v) is 15.9. The van der Waals surface area contributed by atoms with Crippen molar-refractivity contribution in [3.8, 4) is 0 Å². The van der Waals surface area contributed by atoms with Crippen molar-refractivity contribution in [2.75, 3.05) is 14.1 Å².